The molecule has 14 heavy (non-hydrogen) atoms. The minimum absolute atomic E-state index is 0.199. The molecular weight excluding hydrogens is 178 g/mol. The molecular formula is C11H21NO2. The summed E-state index contributed by atoms with van der Waals surface area (Å²) in [7, 11) is 1.88. The van der Waals surface area contributed by atoms with Crippen molar-refractivity contribution in [3.8, 4) is 0 Å². The van der Waals surface area contributed by atoms with E-state index in [1.54, 1.807) is 0 Å². The first-order valence-electron chi connectivity index (χ1n) is 5.22. The molecule has 0 bridgehead atoms. The van der Waals surface area contributed by atoms with E-state index in [9.17, 15) is 4.79 Å². The first-order chi connectivity index (χ1) is 6.31. The summed E-state index contributed by atoms with van der Waals surface area (Å²) >= 11 is 0. The molecule has 3 heteroatoms. The van der Waals surface area contributed by atoms with E-state index >= 15 is 0 Å². The van der Waals surface area contributed by atoms with Crippen molar-refractivity contribution in [2.45, 2.75) is 45.6 Å². The average molecular weight is 199 g/mol. The maximum absolute atomic E-state index is 10.8. The van der Waals surface area contributed by atoms with Crippen molar-refractivity contribution in [1.29, 1.82) is 0 Å². The molecule has 0 aromatic heterocycles. The number of rotatable bonds is 3. The summed E-state index contributed by atoms with van der Waals surface area (Å²) in [5.41, 5.74) is 0.0627. The second-order valence-electron chi connectivity index (χ2n) is 5.42. The second-order valence-corrected chi connectivity index (χ2v) is 5.42. The summed E-state index contributed by atoms with van der Waals surface area (Å²) in [5, 5.41) is 12.2. The molecule has 0 aliphatic heterocycles. The van der Waals surface area contributed by atoms with Gasteiger partial charge in [0.05, 0.1) is 6.42 Å². The Kier molecular flexibility index (Phi) is 2.91. The van der Waals surface area contributed by atoms with Crippen molar-refractivity contribution in [2.24, 2.45) is 11.3 Å². The molecule has 1 aliphatic carbocycles. The summed E-state index contributed by atoms with van der Waals surface area (Å²) in [6.45, 7) is 6.57. The molecule has 3 nitrogen and oxygen atoms in total. The molecule has 2 atom stereocenters. The molecule has 0 aromatic carbocycles. The second kappa shape index (κ2) is 3.54. The van der Waals surface area contributed by atoms with Gasteiger partial charge in [0.25, 0.3) is 0 Å². The van der Waals surface area contributed by atoms with Crippen LogP contribution in [-0.2, 0) is 4.79 Å². The highest BCUT2D eigenvalue weighted by molar-refractivity contribution is 5.68. The van der Waals surface area contributed by atoms with Gasteiger partial charge in [0.2, 0.25) is 0 Å². The zero-order valence-corrected chi connectivity index (χ0v) is 9.55. The zero-order valence-electron chi connectivity index (χ0n) is 9.55. The summed E-state index contributed by atoms with van der Waals surface area (Å²) in [4.78, 5) is 10.8. The molecule has 82 valence electrons. The van der Waals surface area contributed by atoms with Crippen molar-refractivity contribution < 1.29 is 9.90 Å². The van der Waals surface area contributed by atoms with E-state index in [2.05, 4.69) is 26.1 Å². The number of hydrogen-bond acceptors (Lipinski definition) is 2. The van der Waals surface area contributed by atoms with Crippen molar-refractivity contribution in [3.05, 3.63) is 0 Å². The molecule has 0 saturated heterocycles. The summed E-state index contributed by atoms with van der Waals surface area (Å²) in [5.74, 6) is -0.275. The fourth-order valence-electron chi connectivity index (χ4n) is 3.05. The fourth-order valence-corrected chi connectivity index (χ4v) is 3.05. The molecule has 0 spiro atoms. The minimum atomic E-state index is -0.705. The molecule has 2 unspecified atom stereocenters. The Morgan fingerprint density at radius 2 is 2.14 bits per heavy atom. The lowest BCUT2D eigenvalue weighted by atomic mass is 9.84. The summed E-state index contributed by atoms with van der Waals surface area (Å²) < 4.78 is 0. The van der Waals surface area contributed by atoms with Gasteiger partial charge in [-0.1, -0.05) is 20.8 Å². The predicted molar refractivity (Wildman–Crippen MR) is 56.2 cm³/mol. The Hall–Kier alpha value is -0.570. The largest absolute Gasteiger partial charge is 0.481 e. The van der Waals surface area contributed by atoms with Gasteiger partial charge in [-0.15, -0.1) is 0 Å². The van der Waals surface area contributed by atoms with Crippen molar-refractivity contribution >= 4 is 5.97 Å². The lowest BCUT2D eigenvalue weighted by Gasteiger charge is -2.32. The Morgan fingerprint density at radius 1 is 1.57 bits per heavy atom. The summed E-state index contributed by atoms with van der Waals surface area (Å²) in [6.07, 6.45) is 2.28. The first kappa shape index (κ1) is 11.5. The maximum atomic E-state index is 10.8. The van der Waals surface area contributed by atoms with Gasteiger partial charge in [0, 0.05) is 5.54 Å². The fraction of sp³-hybridized carbons (Fsp3) is 0.909. The lowest BCUT2D eigenvalue weighted by molar-refractivity contribution is -0.139. The SMILES string of the molecule is CNC1(CC(=O)O)CC(C)(C)CC1C. The highest BCUT2D eigenvalue weighted by Gasteiger charge is 2.48. The van der Waals surface area contributed by atoms with E-state index in [4.69, 9.17) is 5.11 Å². The van der Waals surface area contributed by atoms with Crippen LogP contribution in [0.2, 0.25) is 0 Å². The van der Waals surface area contributed by atoms with Crippen LogP contribution in [0.25, 0.3) is 0 Å². The van der Waals surface area contributed by atoms with Gasteiger partial charge in [-0.05, 0) is 31.2 Å². The third-order valence-corrected chi connectivity index (χ3v) is 3.56. The lowest BCUT2D eigenvalue weighted by Crippen LogP contribution is -2.47. The van der Waals surface area contributed by atoms with Gasteiger partial charge in [-0.25, -0.2) is 0 Å². The van der Waals surface area contributed by atoms with Crippen molar-refractivity contribution in [1.82, 2.24) is 5.32 Å². The molecule has 1 saturated carbocycles. The van der Waals surface area contributed by atoms with E-state index in [0.29, 0.717) is 5.92 Å². The van der Waals surface area contributed by atoms with Crippen molar-refractivity contribution in [3.63, 3.8) is 0 Å². The van der Waals surface area contributed by atoms with Crippen LogP contribution in [0.4, 0.5) is 0 Å². The van der Waals surface area contributed by atoms with Crippen LogP contribution in [-0.4, -0.2) is 23.7 Å². The highest BCUT2D eigenvalue weighted by Crippen LogP contribution is 2.48. The van der Waals surface area contributed by atoms with Gasteiger partial charge in [0.1, 0.15) is 0 Å². The van der Waals surface area contributed by atoms with Crippen LogP contribution in [0.15, 0.2) is 0 Å². The van der Waals surface area contributed by atoms with Gasteiger partial charge in [0.15, 0.2) is 0 Å². The smallest absolute Gasteiger partial charge is 0.305 e. The average Bonchev–Trinajstić information content (AvgIpc) is 2.21. The molecule has 0 radical (unpaired) electrons. The Labute approximate surface area is 85.9 Å². The zero-order chi connectivity index (χ0) is 11.0. The van der Waals surface area contributed by atoms with E-state index in [0.717, 1.165) is 12.8 Å². The van der Waals surface area contributed by atoms with Crippen LogP contribution in [0.1, 0.15) is 40.0 Å². The van der Waals surface area contributed by atoms with E-state index in [-0.39, 0.29) is 17.4 Å². The Bertz CT molecular complexity index is 237. The number of aliphatic carboxylic acids is 1. The first-order valence-corrected chi connectivity index (χ1v) is 5.22. The van der Waals surface area contributed by atoms with Crippen LogP contribution < -0.4 is 5.32 Å². The molecule has 2 N–H and O–H groups in total. The van der Waals surface area contributed by atoms with Gasteiger partial charge >= 0.3 is 5.97 Å². The molecule has 0 aromatic rings. The Morgan fingerprint density at radius 3 is 2.43 bits per heavy atom. The van der Waals surface area contributed by atoms with Crippen molar-refractivity contribution in [2.75, 3.05) is 7.05 Å². The van der Waals surface area contributed by atoms with Gasteiger partial charge in [-0.2, -0.15) is 0 Å². The van der Waals surface area contributed by atoms with Crippen LogP contribution in [0.3, 0.4) is 0 Å². The third-order valence-electron chi connectivity index (χ3n) is 3.56. The van der Waals surface area contributed by atoms with E-state index < -0.39 is 5.97 Å². The molecule has 0 amide bonds. The highest BCUT2D eigenvalue weighted by atomic mass is 16.4. The van der Waals surface area contributed by atoms with Crippen LogP contribution >= 0.6 is 0 Å². The van der Waals surface area contributed by atoms with E-state index in [1.807, 2.05) is 7.05 Å². The Balaban J connectivity index is 2.84. The topological polar surface area (TPSA) is 49.3 Å². The van der Waals surface area contributed by atoms with Gasteiger partial charge in [-0.3, -0.25) is 4.79 Å². The van der Waals surface area contributed by atoms with Gasteiger partial charge < -0.3 is 10.4 Å². The van der Waals surface area contributed by atoms with Crippen LogP contribution in [0.5, 0.6) is 0 Å². The number of nitrogens with one attached hydrogen (secondary N) is 1. The summed E-state index contributed by atoms with van der Waals surface area (Å²) in [6, 6.07) is 0. The van der Waals surface area contributed by atoms with Crippen LogP contribution in [0, 0.1) is 11.3 Å². The number of hydrogen-bond donors (Lipinski definition) is 2. The number of carboxylic acid groups (broad SMARTS) is 1. The standard InChI is InChI=1S/C11H21NO2/c1-8-5-10(2,3)7-11(8,12-4)6-9(13)14/h8,12H,5-7H2,1-4H3,(H,13,14). The molecule has 1 aliphatic rings. The molecule has 1 fully saturated rings. The third kappa shape index (κ3) is 2.08. The normalized spacial score (nSPS) is 35.9. The van der Waals surface area contributed by atoms with E-state index in [1.165, 1.54) is 0 Å². The number of carboxylic acids is 1. The predicted octanol–water partition coefficient (Wildman–Crippen LogP) is 1.88. The molecule has 0 heterocycles. The monoisotopic (exact) mass is 199 g/mol. The maximum Gasteiger partial charge on any atom is 0.305 e. The molecule has 1 rings (SSSR count). The number of carbonyl (C=O) groups is 1. The quantitative estimate of drug-likeness (QED) is 0.729. The minimum Gasteiger partial charge on any atom is -0.481 e.